The Kier molecular flexibility index (Phi) is 2.83. The molecule has 0 spiro atoms. The zero-order valence-corrected chi connectivity index (χ0v) is 8.26. The molecule has 1 aromatic heterocycles. The van der Waals surface area contributed by atoms with Crippen LogP contribution in [0.15, 0.2) is 48.7 Å². The van der Waals surface area contributed by atoms with E-state index in [1.165, 1.54) is 0 Å². The second kappa shape index (κ2) is 4.46. The number of nitrogens with two attached hydrogens (primary N) is 1. The molecule has 2 aromatic rings. The van der Waals surface area contributed by atoms with E-state index in [9.17, 15) is 0 Å². The summed E-state index contributed by atoms with van der Waals surface area (Å²) in [7, 11) is 0. The third kappa shape index (κ3) is 2.47. The predicted molar refractivity (Wildman–Crippen MR) is 59.4 cm³/mol. The van der Waals surface area contributed by atoms with Crippen molar-refractivity contribution in [3.63, 3.8) is 0 Å². The van der Waals surface area contributed by atoms with Gasteiger partial charge in [0.2, 0.25) is 0 Å². The molecule has 0 saturated heterocycles. The number of hydrogen-bond donors (Lipinski definition) is 1. The van der Waals surface area contributed by atoms with Gasteiger partial charge in [-0.25, -0.2) is 0 Å². The van der Waals surface area contributed by atoms with Gasteiger partial charge in [0.25, 0.3) is 0 Å². The number of nitrogens with zero attached hydrogens (tertiary/aromatic N) is 1. The molecule has 0 aliphatic heterocycles. The van der Waals surface area contributed by atoms with E-state index in [2.05, 4.69) is 4.98 Å². The molecule has 76 valence electrons. The lowest BCUT2D eigenvalue weighted by atomic mass is 10.3. The lowest BCUT2D eigenvalue weighted by Crippen LogP contribution is -1.99. The van der Waals surface area contributed by atoms with Crippen molar-refractivity contribution in [3.8, 4) is 5.75 Å². The van der Waals surface area contributed by atoms with Crippen molar-refractivity contribution in [1.29, 1.82) is 0 Å². The predicted octanol–water partition coefficient (Wildman–Crippen LogP) is 2.24. The molecule has 0 atom stereocenters. The smallest absolute Gasteiger partial charge is 0.142 e. The summed E-state index contributed by atoms with van der Waals surface area (Å²) in [6, 6.07) is 13.2. The number of nitrogen functional groups attached to an aromatic ring is 1. The molecule has 0 fully saturated rings. The largest absolute Gasteiger partial charge is 0.485 e. The topological polar surface area (TPSA) is 48.1 Å². The first-order valence-electron chi connectivity index (χ1n) is 4.73. The molecule has 0 aliphatic rings. The average molecular weight is 200 g/mol. The van der Waals surface area contributed by atoms with E-state index in [1.54, 1.807) is 6.20 Å². The van der Waals surface area contributed by atoms with E-state index < -0.39 is 0 Å². The van der Waals surface area contributed by atoms with Crippen LogP contribution in [-0.4, -0.2) is 4.98 Å². The summed E-state index contributed by atoms with van der Waals surface area (Å²) in [5, 5.41) is 0. The van der Waals surface area contributed by atoms with E-state index in [-0.39, 0.29) is 0 Å². The number of anilines is 1. The number of pyridine rings is 1. The Morgan fingerprint density at radius 2 is 1.87 bits per heavy atom. The Morgan fingerprint density at radius 1 is 1.07 bits per heavy atom. The monoisotopic (exact) mass is 200 g/mol. The fourth-order valence-electron chi connectivity index (χ4n) is 1.25. The summed E-state index contributed by atoms with van der Waals surface area (Å²) in [6.45, 7) is 0.440. The van der Waals surface area contributed by atoms with E-state index in [4.69, 9.17) is 10.5 Å². The van der Waals surface area contributed by atoms with Gasteiger partial charge in [-0.15, -0.1) is 0 Å². The van der Waals surface area contributed by atoms with Gasteiger partial charge in [0.05, 0.1) is 11.4 Å². The van der Waals surface area contributed by atoms with E-state index >= 15 is 0 Å². The zero-order valence-electron chi connectivity index (χ0n) is 8.26. The van der Waals surface area contributed by atoms with Gasteiger partial charge in [0.1, 0.15) is 12.4 Å². The molecule has 0 amide bonds. The van der Waals surface area contributed by atoms with Crippen molar-refractivity contribution in [2.45, 2.75) is 6.61 Å². The molecule has 0 bridgehead atoms. The summed E-state index contributed by atoms with van der Waals surface area (Å²) in [6.07, 6.45) is 1.74. The van der Waals surface area contributed by atoms with Crippen molar-refractivity contribution < 1.29 is 4.74 Å². The van der Waals surface area contributed by atoms with Crippen LogP contribution in [0.5, 0.6) is 5.75 Å². The molecule has 3 nitrogen and oxygen atoms in total. The molecule has 3 heteroatoms. The third-order valence-electron chi connectivity index (χ3n) is 2.02. The highest BCUT2D eigenvalue weighted by molar-refractivity contribution is 5.51. The van der Waals surface area contributed by atoms with Gasteiger partial charge in [-0.2, -0.15) is 0 Å². The first-order valence-corrected chi connectivity index (χ1v) is 4.73. The maximum atomic E-state index is 5.74. The summed E-state index contributed by atoms with van der Waals surface area (Å²) >= 11 is 0. The quantitative estimate of drug-likeness (QED) is 0.773. The second-order valence-corrected chi connectivity index (χ2v) is 3.15. The van der Waals surface area contributed by atoms with E-state index in [0.717, 1.165) is 5.69 Å². The minimum absolute atomic E-state index is 0.440. The Hall–Kier alpha value is -2.03. The lowest BCUT2D eigenvalue weighted by Gasteiger charge is -2.07. The highest BCUT2D eigenvalue weighted by atomic mass is 16.5. The third-order valence-corrected chi connectivity index (χ3v) is 2.02. The Labute approximate surface area is 88.5 Å². The summed E-state index contributed by atoms with van der Waals surface area (Å²) in [4.78, 5) is 4.16. The number of hydrogen-bond acceptors (Lipinski definition) is 3. The Bertz CT molecular complexity index is 429. The standard InChI is InChI=1S/C12H12N2O/c13-11-6-1-2-7-12(11)15-9-10-5-3-4-8-14-10/h1-8H,9,13H2. The molecule has 15 heavy (non-hydrogen) atoms. The first-order chi connectivity index (χ1) is 7.36. The fourth-order valence-corrected chi connectivity index (χ4v) is 1.25. The van der Waals surface area contributed by atoms with Crippen molar-refractivity contribution in [1.82, 2.24) is 4.98 Å². The molecule has 0 unspecified atom stereocenters. The van der Waals surface area contributed by atoms with Gasteiger partial charge in [-0.05, 0) is 24.3 Å². The Morgan fingerprint density at radius 3 is 2.60 bits per heavy atom. The highest BCUT2D eigenvalue weighted by Gasteiger charge is 1.99. The summed E-state index contributed by atoms with van der Waals surface area (Å²) in [5.74, 6) is 0.697. The number of ether oxygens (including phenoxy) is 1. The van der Waals surface area contributed by atoms with Crippen molar-refractivity contribution in [3.05, 3.63) is 54.4 Å². The summed E-state index contributed by atoms with van der Waals surface area (Å²) in [5.41, 5.74) is 7.28. The van der Waals surface area contributed by atoms with Crippen LogP contribution < -0.4 is 10.5 Å². The zero-order chi connectivity index (χ0) is 10.5. The van der Waals surface area contributed by atoms with Crippen LogP contribution in [0.2, 0.25) is 0 Å². The van der Waals surface area contributed by atoms with Gasteiger partial charge in [0.15, 0.2) is 0 Å². The van der Waals surface area contributed by atoms with E-state index in [0.29, 0.717) is 18.0 Å². The maximum Gasteiger partial charge on any atom is 0.142 e. The van der Waals surface area contributed by atoms with Crippen LogP contribution in [0.4, 0.5) is 5.69 Å². The van der Waals surface area contributed by atoms with Gasteiger partial charge < -0.3 is 10.5 Å². The average Bonchev–Trinajstić information content (AvgIpc) is 2.29. The SMILES string of the molecule is Nc1ccccc1OCc1ccccn1. The molecular weight excluding hydrogens is 188 g/mol. The van der Waals surface area contributed by atoms with Crippen LogP contribution in [0.1, 0.15) is 5.69 Å². The molecule has 1 aromatic carbocycles. The van der Waals surface area contributed by atoms with Crippen molar-refractivity contribution in [2.75, 3.05) is 5.73 Å². The number of rotatable bonds is 3. The van der Waals surface area contributed by atoms with Crippen LogP contribution in [0.3, 0.4) is 0 Å². The van der Waals surface area contributed by atoms with E-state index in [1.807, 2.05) is 42.5 Å². The fraction of sp³-hybridized carbons (Fsp3) is 0.0833. The molecule has 0 saturated carbocycles. The first kappa shape index (κ1) is 9.52. The lowest BCUT2D eigenvalue weighted by molar-refractivity contribution is 0.303. The summed E-state index contributed by atoms with van der Waals surface area (Å²) < 4.78 is 5.54. The molecule has 0 radical (unpaired) electrons. The number of benzene rings is 1. The molecule has 2 rings (SSSR count). The Balaban J connectivity index is 2.03. The van der Waals surface area contributed by atoms with Gasteiger partial charge in [0, 0.05) is 6.20 Å². The van der Waals surface area contributed by atoms with Crippen LogP contribution in [0.25, 0.3) is 0 Å². The molecule has 1 heterocycles. The minimum Gasteiger partial charge on any atom is -0.485 e. The molecular formula is C12H12N2O. The highest BCUT2D eigenvalue weighted by Crippen LogP contribution is 2.20. The van der Waals surface area contributed by atoms with Gasteiger partial charge in [-0.1, -0.05) is 18.2 Å². The number of aromatic nitrogens is 1. The van der Waals surface area contributed by atoms with Crippen LogP contribution in [0, 0.1) is 0 Å². The van der Waals surface area contributed by atoms with Crippen molar-refractivity contribution >= 4 is 5.69 Å². The second-order valence-electron chi connectivity index (χ2n) is 3.15. The van der Waals surface area contributed by atoms with Gasteiger partial charge >= 0.3 is 0 Å². The van der Waals surface area contributed by atoms with Crippen LogP contribution in [-0.2, 0) is 6.61 Å². The minimum atomic E-state index is 0.440. The molecule has 2 N–H and O–H groups in total. The van der Waals surface area contributed by atoms with Crippen molar-refractivity contribution in [2.24, 2.45) is 0 Å². The number of para-hydroxylation sites is 2. The van der Waals surface area contributed by atoms with Gasteiger partial charge in [-0.3, -0.25) is 4.98 Å². The normalized spacial score (nSPS) is 9.87. The van der Waals surface area contributed by atoms with Crippen LogP contribution >= 0.6 is 0 Å². The maximum absolute atomic E-state index is 5.74. The molecule has 0 aliphatic carbocycles.